The summed E-state index contributed by atoms with van der Waals surface area (Å²) in [5.74, 6) is 0.435. The van der Waals surface area contributed by atoms with Gasteiger partial charge in [-0.05, 0) is 60.7 Å². The third kappa shape index (κ3) is 4.07. The average molecular weight is 468 g/mol. The smallest absolute Gasteiger partial charge is 0.258 e. The Bertz CT molecular complexity index is 1230. The molecular weight excluding hydrogens is 445 g/mol. The number of nitrogens with zero attached hydrogens (tertiary/aromatic N) is 3. The number of hydrogen-bond acceptors (Lipinski definition) is 3. The first-order valence-electron chi connectivity index (χ1n) is 10.8. The maximum Gasteiger partial charge on any atom is 0.258 e. The number of aromatic nitrogens is 2. The molecule has 1 fully saturated rings. The maximum absolute atomic E-state index is 13.6. The van der Waals surface area contributed by atoms with Gasteiger partial charge >= 0.3 is 0 Å². The summed E-state index contributed by atoms with van der Waals surface area (Å²) < 4.78 is 1.85. The van der Waals surface area contributed by atoms with E-state index in [0.29, 0.717) is 47.2 Å². The zero-order chi connectivity index (χ0) is 22.4. The Labute approximate surface area is 196 Å². The Morgan fingerprint density at radius 1 is 1.09 bits per heavy atom. The second-order valence-corrected chi connectivity index (χ2v) is 9.47. The normalized spacial score (nSPS) is 15.2. The van der Waals surface area contributed by atoms with Crippen LogP contribution in [0.25, 0.3) is 0 Å². The molecule has 7 heteroatoms. The van der Waals surface area contributed by atoms with Crippen molar-refractivity contribution in [2.24, 2.45) is 13.0 Å². The van der Waals surface area contributed by atoms with Crippen molar-refractivity contribution in [1.29, 1.82) is 0 Å². The third-order valence-corrected chi connectivity index (χ3v) is 6.97. The maximum atomic E-state index is 13.6. The lowest BCUT2D eigenvalue weighted by Gasteiger charge is -2.23. The SMILES string of the molecule is Cn1ncc2c1Cc1cc(Cl)ccc1N(C(=O)c1ccc(CCC(=O)C3CC3)c(Cl)c1)C2. The molecule has 0 radical (unpaired) electrons. The summed E-state index contributed by atoms with van der Waals surface area (Å²) in [6.07, 6.45) is 5.60. The molecule has 32 heavy (non-hydrogen) atoms. The van der Waals surface area contributed by atoms with Gasteiger partial charge in [0.15, 0.2) is 0 Å². The summed E-state index contributed by atoms with van der Waals surface area (Å²) in [7, 11) is 1.91. The lowest BCUT2D eigenvalue weighted by Crippen LogP contribution is -2.30. The van der Waals surface area contributed by atoms with Gasteiger partial charge in [-0.15, -0.1) is 0 Å². The van der Waals surface area contributed by atoms with Crippen molar-refractivity contribution in [3.63, 3.8) is 0 Å². The zero-order valence-corrected chi connectivity index (χ0v) is 19.3. The van der Waals surface area contributed by atoms with Crippen LogP contribution in [0.2, 0.25) is 10.0 Å². The number of fused-ring (bicyclic) bond motifs is 2. The number of ketones is 1. The van der Waals surface area contributed by atoms with E-state index in [-0.39, 0.29) is 11.8 Å². The molecule has 0 spiro atoms. The molecule has 0 unspecified atom stereocenters. The van der Waals surface area contributed by atoms with E-state index in [0.717, 1.165) is 40.9 Å². The minimum atomic E-state index is -0.132. The van der Waals surface area contributed by atoms with Crippen molar-refractivity contribution in [1.82, 2.24) is 9.78 Å². The van der Waals surface area contributed by atoms with E-state index in [9.17, 15) is 9.59 Å². The van der Waals surface area contributed by atoms with Crippen molar-refractivity contribution in [2.45, 2.75) is 38.6 Å². The fourth-order valence-electron chi connectivity index (χ4n) is 4.35. The molecule has 0 N–H and O–H groups in total. The number of anilines is 1. The topological polar surface area (TPSA) is 55.2 Å². The Kier molecular flexibility index (Phi) is 5.56. The van der Waals surface area contributed by atoms with E-state index >= 15 is 0 Å². The van der Waals surface area contributed by atoms with Gasteiger partial charge in [-0.25, -0.2) is 0 Å². The summed E-state index contributed by atoms with van der Waals surface area (Å²) in [6.45, 7) is 0.423. The van der Waals surface area contributed by atoms with Crippen molar-refractivity contribution in [3.8, 4) is 0 Å². The fourth-order valence-corrected chi connectivity index (χ4v) is 4.82. The molecule has 2 heterocycles. The molecule has 0 bridgehead atoms. The van der Waals surface area contributed by atoms with E-state index in [1.54, 1.807) is 17.0 Å². The number of amides is 1. The molecule has 0 saturated heterocycles. The number of rotatable bonds is 5. The summed E-state index contributed by atoms with van der Waals surface area (Å²) in [6, 6.07) is 11.0. The highest BCUT2D eigenvalue weighted by atomic mass is 35.5. The van der Waals surface area contributed by atoms with E-state index in [4.69, 9.17) is 23.2 Å². The predicted molar refractivity (Wildman–Crippen MR) is 125 cm³/mol. The van der Waals surface area contributed by atoms with Crippen molar-refractivity contribution in [2.75, 3.05) is 4.90 Å². The highest BCUT2D eigenvalue weighted by Crippen LogP contribution is 2.34. The summed E-state index contributed by atoms with van der Waals surface area (Å²) in [5.41, 5.74) is 5.31. The van der Waals surface area contributed by atoms with Crippen molar-refractivity contribution in [3.05, 3.63) is 80.6 Å². The number of halogens is 2. The Balaban J connectivity index is 1.44. The molecule has 2 aliphatic rings. The molecule has 1 aliphatic carbocycles. The predicted octanol–water partition coefficient (Wildman–Crippen LogP) is 5.39. The van der Waals surface area contributed by atoms with Crippen LogP contribution in [-0.2, 0) is 31.2 Å². The first-order chi connectivity index (χ1) is 15.4. The van der Waals surface area contributed by atoms with Crippen LogP contribution < -0.4 is 4.90 Å². The quantitative estimate of drug-likeness (QED) is 0.505. The van der Waals surface area contributed by atoms with Crippen LogP contribution in [-0.4, -0.2) is 21.5 Å². The number of benzene rings is 2. The zero-order valence-electron chi connectivity index (χ0n) is 17.8. The van der Waals surface area contributed by atoms with E-state index in [1.807, 2.05) is 42.2 Å². The molecule has 5 rings (SSSR count). The molecule has 2 aromatic carbocycles. The number of carbonyl (C=O) groups excluding carboxylic acids is 2. The molecule has 3 aromatic rings. The highest BCUT2D eigenvalue weighted by Gasteiger charge is 2.29. The van der Waals surface area contributed by atoms with E-state index in [2.05, 4.69) is 5.10 Å². The van der Waals surface area contributed by atoms with E-state index in [1.165, 1.54) is 0 Å². The lowest BCUT2D eigenvalue weighted by atomic mass is 10.0. The fraction of sp³-hybridized carbons (Fsp3) is 0.320. The minimum absolute atomic E-state index is 0.132. The van der Waals surface area contributed by atoms with E-state index < -0.39 is 0 Å². The lowest BCUT2D eigenvalue weighted by molar-refractivity contribution is -0.120. The third-order valence-electron chi connectivity index (χ3n) is 6.39. The van der Waals surface area contributed by atoms with Gasteiger partial charge in [-0.1, -0.05) is 29.3 Å². The molecule has 164 valence electrons. The highest BCUT2D eigenvalue weighted by molar-refractivity contribution is 6.32. The van der Waals surface area contributed by atoms with Gasteiger partial charge in [0.05, 0.1) is 12.7 Å². The number of Topliss-reactive ketones (excluding diaryl/α,β-unsaturated/α-hetero) is 1. The standard InChI is InChI=1S/C25H23Cl2N3O2/c1-29-23-12-18-10-20(26)7-8-22(18)30(14-19(23)13-28-29)25(32)17-5-2-15(21(27)11-17)6-9-24(31)16-3-4-16/h2,5,7-8,10-11,13,16H,3-4,6,9,12,14H2,1H3. The van der Waals surface area contributed by atoms with Gasteiger partial charge in [0.25, 0.3) is 5.91 Å². The van der Waals surface area contributed by atoms with Crippen molar-refractivity contribution >= 4 is 40.6 Å². The number of hydrogen-bond donors (Lipinski definition) is 0. The van der Waals surface area contributed by atoms with Gasteiger partial charge < -0.3 is 4.90 Å². The molecular formula is C25H23Cl2N3O2. The minimum Gasteiger partial charge on any atom is -0.304 e. The molecule has 1 saturated carbocycles. The molecule has 1 aliphatic heterocycles. The second kappa shape index (κ2) is 8.38. The summed E-state index contributed by atoms with van der Waals surface area (Å²) in [4.78, 5) is 27.4. The van der Waals surface area contributed by atoms with Crippen LogP contribution in [0.1, 0.15) is 52.0 Å². The average Bonchev–Trinajstić information content (AvgIpc) is 3.58. The van der Waals surface area contributed by atoms with Gasteiger partial charge in [0.1, 0.15) is 5.78 Å². The molecule has 1 amide bonds. The van der Waals surface area contributed by atoms with Crippen LogP contribution >= 0.6 is 23.2 Å². The van der Waals surface area contributed by atoms with Crippen LogP contribution in [0.4, 0.5) is 5.69 Å². The summed E-state index contributed by atoms with van der Waals surface area (Å²) >= 11 is 12.8. The van der Waals surface area contributed by atoms with Crippen LogP contribution in [0.5, 0.6) is 0 Å². The van der Waals surface area contributed by atoms with Crippen LogP contribution in [0.15, 0.2) is 42.6 Å². The Morgan fingerprint density at radius 3 is 2.66 bits per heavy atom. The molecule has 1 aromatic heterocycles. The second-order valence-electron chi connectivity index (χ2n) is 8.63. The number of aryl methyl sites for hydroxylation is 2. The largest absolute Gasteiger partial charge is 0.304 e. The van der Waals surface area contributed by atoms with Crippen LogP contribution in [0, 0.1) is 5.92 Å². The van der Waals surface area contributed by atoms with Gasteiger partial charge in [-0.2, -0.15) is 5.10 Å². The van der Waals surface area contributed by atoms with Gasteiger partial charge in [0.2, 0.25) is 0 Å². The van der Waals surface area contributed by atoms with Crippen molar-refractivity contribution < 1.29 is 9.59 Å². The molecule has 0 atom stereocenters. The first-order valence-corrected chi connectivity index (χ1v) is 11.6. The van der Waals surface area contributed by atoms with Gasteiger partial charge in [-0.3, -0.25) is 14.3 Å². The Morgan fingerprint density at radius 2 is 1.91 bits per heavy atom. The molecule has 5 nitrogen and oxygen atoms in total. The van der Waals surface area contributed by atoms with Crippen LogP contribution in [0.3, 0.4) is 0 Å². The van der Waals surface area contributed by atoms with Gasteiger partial charge in [0, 0.05) is 58.4 Å². The number of carbonyl (C=O) groups is 2. The summed E-state index contributed by atoms with van der Waals surface area (Å²) in [5, 5.41) is 5.53. The monoisotopic (exact) mass is 467 g/mol. The Hall–Kier alpha value is -2.63. The first kappa shape index (κ1) is 21.2.